The first-order chi connectivity index (χ1) is 9.08. The van der Waals surface area contributed by atoms with Crippen molar-refractivity contribution in [3.05, 3.63) is 52.6 Å². The van der Waals surface area contributed by atoms with Crippen molar-refractivity contribution in [2.45, 2.75) is 0 Å². The maximum atomic E-state index is 12.1. The molecule has 2 rings (SSSR count). The minimum atomic E-state index is -0.149. The van der Waals surface area contributed by atoms with E-state index in [4.69, 9.17) is 0 Å². The fourth-order valence-corrected chi connectivity index (χ4v) is 1.91. The summed E-state index contributed by atoms with van der Waals surface area (Å²) < 4.78 is 0.944. The molecule has 0 aliphatic heterocycles. The van der Waals surface area contributed by atoms with Crippen LogP contribution in [0.25, 0.3) is 0 Å². The number of pyridine rings is 1. The molecule has 0 saturated carbocycles. The number of carbonyl (C=O) groups is 1. The molecule has 0 saturated heterocycles. The Labute approximate surface area is 120 Å². The molecule has 1 aromatic carbocycles. The Bertz CT molecular complexity index is 581. The fraction of sp³-hybridized carbons (Fsp3) is 0.143. The summed E-state index contributed by atoms with van der Waals surface area (Å²) in [5.41, 5.74) is 1.30. The number of carbonyl (C=O) groups excluding carboxylic acids is 1. The molecule has 4 nitrogen and oxygen atoms in total. The number of amides is 1. The van der Waals surface area contributed by atoms with Crippen LogP contribution in [0.5, 0.6) is 0 Å². The van der Waals surface area contributed by atoms with Crippen LogP contribution in [0, 0.1) is 0 Å². The van der Waals surface area contributed by atoms with Crippen LogP contribution in [0.1, 0.15) is 10.4 Å². The highest BCUT2D eigenvalue weighted by Gasteiger charge is 2.10. The van der Waals surface area contributed by atoms with E-state index in [9.17, 15) is 4.79 Å². The summed E-state index contributed by atoms with van der Waals surface area (Å²) in [5, 5.41) is 2.87. The van der Waals surface area contributed by atoms with E-state index in [0.717, 1.165) is 10.3 Å². The fourth-order valence-electron chi connectivity index (χ4n) is 1.65. The largest absolute Gasteiger partial charge is 0.361 e. The molecule has 19 heavy (non-hydrogen) atoms. The van der Waals surface area contributed by atoms with Gasteiger partial charge < -0.3 is 10.2 Å². The van der Waals surface area contributed by atoms with Crippen LogP contribution in [-0.4, -0.2) is 25.0 Å². The van der Waals surface area contributed by atoms with Crippen molar-refractivity contribution in [1.29, 1.82) is 0 Å². The zero-order valence-corrected chi connectivity index (χ0v) is 12.3. The lowest BCUT2D eigenvalue weighted by atomic mass is 10.2. The number of anilines is 2. The molecule has 1 amide bonds. The van der Waals surface area contributed by atoms with Crippen molar-refractivity contribution < 1.29 is 4.79 Å². The van der Waals surface area contributed by atoms with Gasteiger partial charge in [0.1, 0.15) is 0 Å². The molecule has 0 aliphatic rings. The quantitative estimate of drug-likeness (QED) is 0.945. The van der Waals surface area contributed by atoms with Crippen LogP contribution < -0.4 is 10.2 Å². The zero-order chi connectivity index (χ0) is 13.8. The van der Waals surface area contributed by atoms with Crippen LogP contribution >= 0.6 is 15.9 Å². The van der Waals surface area contributed by atoms with Gasteiger partial charge in [-0.15, -0.1) is 0 Å². The molecule has 1 N–H and O–H groups in total. The van der Waals surface area contributed by atoms with E-state index < -0.39 is 0 Å². The average Bonchev–Trinajstić information content (AvgIpc) is 2.39. The molecular weight excluding hydrogens is 306 g/mol. The van der Waals surface area contributed by atoms with E-state index in [0.29, 0.717) is 11.3 Å². The molecule has 0 radical (unpaired) electrons. The minimum absolute atomic E-state index is 0.149. The lowest BCUT2D eigenvalue weighted by Crippen LogP contribution is -2.17. The number of halogens is 1. The van der Waals surface area contributed by atoms with Crippen LogP contribution in [0.15, 0.2) is 47.1 Å². The lowest BCUT2D eigenvalue weighted by molar-refractivity contribution is 0.102. The third kappa shape index (κ3) is 3.32. The summed E-state index contributed by atoms with van der Waals surface area (Å²) in [7, 11) is 3.77. The van der Waals surface area contributed by atoms with Gasteiger partial charge in [0.15, 0.2) is 5.82 Å². The highest BCUT2D eigenvalue weighted by Crippen LogP contribution is 2.21. The maximum absolute atomic E-state index is 12.1. The van der Waals surface area contributed by atoms with Crippen LogP contribution in [0.4, 0.5) is 11.5 Å². The summed E-state index contributed by atoms with van der Waals surface area (Å²) in [6, 6.07) is 10.8. The van der Waals surface area contributed by atoms with E-state index in [-0.39, 0.29) is 5.91 Å². The molecule has 0 spiro atoms. The van der Waals surface area contributed by atoms with Crippen molar-refractivity contribution in [3.8, 4) is 0 Å². The molecule has 2 aromatic rings. The highest BCUT2D eigenvalue weighted by atomic mass is 79.9. The number of benzene rings is 1. The van der Waals surface area contributed by atoms with E-state index in [1.807, 2.05) is 37.2 Å². The first kappa shape index (κ1) is 13.5. The Morgan fingerprint density at radius 1 is 1.21 bits per heavy atom. The van der Waals surface area contributed by atoms with Gasteiger partial charge in [-0.2, -0.15) is 0 Å². The number of rotatable bonds is 3. The smallest absolute Gasteiger partial charge is 0.255 e. The van der Waals surface area contributed by atoms with Crippen molar-refractivity contribution in [1.82, 2.24) is 4.98 Å². The Balaban J connectivity index is 2.22. The second kappa shape index (κ2) is 5.84. The molecule has 0 bridgehead atoms. The number of nitrogens with zero attached hydrogens (tertiary/aromatic N) is 2. The van der Waals surface area contributed by atoms with Crippen LogP contribution in [0.2, 0.25) is 0 Å². The molecule has 0 atom stereocenters. The summed E-state index contributed by atoms with van der Waals surface area (Å²) in [6.07, 6.45) is 1.70. The Kier molecular flexibility index (Phi) is 4.16. The van der Waals surface area contributed by atoms with Gasteiger partial charge >= 0.3 is 0 Å². The minimum Gasteiger partial charge on any atom is -0.361 e. The normalized spacial score (nSPS) is 10.1. The summed E-state index contributed by atoms with van der Waals surface area (Å²) in [5.74, 6) is 0.580. The number of aromatic nitrogens is 1. The molecule has 98 valence electrons. The second-order valence-corrected chi connectivity index (χ2v) is 5.15. The van der Waals surface area contributed by atoms with Gasteiger partial charge in [-0.25, -0.2) is 4.98 Å². The van der Waals surface area contributed by atoms with E-state index >= 15 is 0 Å². The first-order valence-corrected chi connectivity index (χ1v) is 6.56. The van der Waals surface area contributed by atoms with Gasteiger partial charge in [-0.05, 0) is 36.4 Å². The zero-order valence-electron chi connectivity index (χ0n) is 10.7. The Hall–Kier alpha value is -1.88. The molecule has 0 fully saturated rings. The molecular formula is C14H14BrN3O. The number of hydrogen-bond acceptors (Lipinski definition) is 3. The molecule has 0 unspecified atom stereocenters. The summed E-state index contributed by atoms with van der Waals surface area (Å²) in [6.45, 7) is 0. The monoisotopic (exact) mass is 319 g/mol. The standard InChI is InChI=1S/C14H14BrN3O/c1-18(2)13-12(4-3-9-16-13)17-14(19)10-5-7-11(15)8-6-10/h3-9H,1-2H3,(H,17,19). The second-order valence-electron chi connectivity index (χ2n) is 4.23. The van der Waals surface area contributed by atoms with Crippen molar-refractivity contribution in [3.63, 3.8) is 0 Å². The van der Waals surface area contributed by atoms with Crippen molar-refractivity contribution in [2.75, 3.05) is 24.3 Å². The summed E-state index contributed by atoms with van der Waals surface area (Å²) in [4.78, 5) is 18.2. The van der Waals surface area contributed by atoms with E-state index in [2.05, 4.69) is 26.2 Å². The third-order valence-corrected chi connectivity index (χ3v) is 3.09. The van der Waals surface area contributed by atoms with Gasteiger partial charge in [0, 0.05) is 30.3 Å². The Morgan fingerprint density at radius 3 is 2.53 bits per heavy atom. The lowest BCUT2D eigenvalue weighted by Gasteiger charge is -2.16. The first-order valence-electron chi connectivity index (χ1n) is 5.77. The van der Waals surface area contributed by atoms with Gasteiger partial charge in [0.2, 0.25) is 0 Å². The topological polar surface area (TPSA) is 45.2 Å². The number of nitrogens with one attached hydrogen (secondary N) is 1. The van der Waals surface area contributed by atoms with Gasteiger partial charge in [-0.3, -0.25) is 4.79 Å². The SMILES string of the molecule is CN(C)c1ncccc1NC(=O)c1ccc(Br)cc1. The average molecular weight is 320 g/mol. The molecule has 1 heterocycles. The van der Waals surface area contributed by atoms with E-state index in [1.54, 1.807) is 24.4 Å². The van der Waals surface area contributed by atoms with Crippen LogP contribution in [0.3, 0.4) is 0 Å². The van der Waals surface area contributed by atoms with Gasteiger partial charge in [0.25, 0.3) is 5.91 Å². The number of hydrogen-bond donors (Lipinski definition) is 1. The highest BCUT2D eigenvalue weighted by molar-refractivity contribution is 9.10. The molecule has 5 heteroatoms. The van der Waals surface area contributed by atoms with Crippen LogP contribution in [-0.2, 0) is 0 Å². The predicted octanol–water partition coefficient (Wildman–Crippen LogP) is 3.16. The maximum Gasteiger partial charge on any atom is 0.255 e. The Morgan fingerprint density at radius 2 is 1.89 bits per heavy atom. The van der Waals surface area contributed by atoms with Crippen molar-refractivity contribution in [2.24, 2.45) is 0 Å². The van der Waals surface area contributed by atoms with Gasteiger partial charge in [-0.1, -0.05) is 15.9 Å². The van der Waals surface area contributed by atoms with Crippen molar-refractivity contribution >= 4 is 33.3 Å². The summed E-state index contributed by atoms with van der Waals surface area (Å²) >= 11 is 3.34. The predicted molar refractivity (Wildman–Crippen MR) is 80.7 cm³/mol. The van der Waals surface area contributed by atoms with E-state index in [1.165, 1.54) is 0 Å². The molecule has 1 aromatic heterocycles. The third-order valence-electron chi connectivity index (χ3n) is 2.56. The molecule has 0 aliphatic carbocycles. The van der Waals surface area contributed by atoms with Gasteiger partial charge in [0.05, 0.1) is 5.69 Å².